The summed E-state index contributed by atoms with van der Waals surface area (Å²) in [6.07, 6.45) is 10.2. The van der Waals surface area contributed by atoms with Crippen molar-refractivity contribution < 1.29 is 9.47 Å². The minimum Gasteiger partial charge on any atom is -0.490 e. The van der Waals surface area contributed by atoms with Crippen LogP contribution in [0.15, 0.2) is 28.9 Å². The van der Waals surface area contributed by atoms with E-state index in [1.165, 1.54) is 37.9 Å². The number of benzene rings is 1. The summed E-state index contributed by atoms with van der Waals surface area (Å²) in [7, 11) is 0. The first-order valence-corrected chi connectivity index (χ1v) is 11.9. The highest BCUT2D eigenvalue weighted by atomic mass is 16.5. The molecule has 1 aromatic carbocycles. The first-order chi connectivity index (χ1) is 15.1. The second-order valence-corrected chi connectivity index (χ2v) is 9.36. The summed E-state index contributed by atoms with van der Waals surface area (Å²) in [5, 5.41) is 6.79. The van der Waals surface area contributed by atoms with Crippen LogP contribution in [0, 0.1) is 5.92 Å². The van der Waals surface area contributed by atoms with Gasteiger partial charge in [0.25, 0.3) is 0 Å². The van der Waals surface area contributed by atoms with Gasteiger partial charge in [-0.2, -0.15) is 0 Å². The van der Waals surface area contributed by atoms with Gasteiger partial charge in [-0.1, -0.05) is 6.42 Å². The highest BCUT2D eigenvalue weighted by molar-refractivity contribution is 5.96. The van der Waals surface area contributed by atoms with Gasteiger partial charge in [0.15, 0.2) is 11.5 Å². The maximum atomic E-state index is 6.66. The Bertz CT molecular complexity index is 873. The topological polar surface area (TPSA) is 84.1 Å². The average Bonchev–Trinajstić information content (AvgIpc) is 3.34. The van der Waals surface area contributed by atoms with E-state index < -0.39 is 5.66 Å². The molecular weight excluding hydrogens is 390 g/mol. The van der Waals surface area contributed by atoms with Crippen molar-refractivity contribution in [3.8, 4) is 11.5 Å². The van der Waals surface area contributed by atoms with Gasteiger partial charge in [0, 0.05) is 41.9 Å². The van der Waals surface area contributed by atoms with Gasteiger partial charge in [-0.15, -0.1) is 0 Å². The van der Waals surface area contributed by atoms with Crippen molar-refractivity contribution in [1.82, 2.24) is 10.2 Å². The monoisotopic (exact) mass is 425 g/mol. The Kier molecular flexibility index (Phi) is 5.80. The van der Waals surface area contributed by atoms with E-state index in [4.69, 9.17) is 20.2 Å². The number of anilines is 1. The fraction of sp³-hybridized carbons (Fsp3) is 0.625. The summed E-state index contributed by atoms with van der Waals surface area (Å²) in [5.74, 6) is 2.84. The van der Waals surface area contributed by atoms with E-state index in [0.29, 0.717) is 25.1 Å². The number of likely N-dealkylation sites (tertiary alicyclic amines) is 1. The van der Waals surface area contributed by atoms with Crippen molar-refractivity contribution in [3.05, 3.63) is 29.5 Å². The minimum atomic E-state index is -0.620. The molecule has 31 heavy (non-hydrogen) atoms. The summed E-state index contributed by atoms with van der Waals surface area (Å²) in [6.45, 7) is 7.01. The molecular formula is C24H35N5O2. The molecule has 168 valence electrons. The second-order valence-electron chi connectivity index (χ2n) is 9.36. The number of guanidine groups is 1. The van der Waals surface area contributed by atoms with Gasteiger partial charge in [0.05, 0.1) is 13.2 Å². The van der Waals surface area contributed by atoms with Gasteiger partial charge in [0.1, 0.15) is 5.66 Å². The highest BCUT2D eigenvalue weighted by Crippen LogP contribution is 2.40. The first kappa shape index (κ1) is 20.6. The molecule has 7 nitrogen and oxygen atoms in total. The molecule has 0 spiro atoms. The van der Waals surface area contributed by atoms with Crippen LogP contribution in [0.3, 0.4) is 0 Å². The number of fused-ring (bicyclic) bond motifs is 1. The van der Waals surface area contributed by atoms with Crippen LogP contribution in [-0.2, 0) is 6.42 Å². The Hall–Kier alpha value is -2.25. The predicted octanol–water partition coefficient (Wildman–Crippen LogP) is 3.22. The SMILES string of the molecule is CC1=CC(N)(C2CCC2)N=C(Nc2cc3c(c(OCCCN4CCCC4)c2)OCC3)N1. The van der Waals surface area contributed by atoms with Crippen LogP contribution in [0.5, 0.6) is 11.5 Å². The fourth-order valence-electron chi connectivity index (χ4n) is 5.03. The van der Waals surface area contributed by atoms with Crippen molar-refractivity contribution in [2.75, 3.05) is 38.2 Å². The fourth-order valence-corrected chi connectivity index (χ4v) is 5.03. The van der Waals surface area contributed by atoms with Crippen molar-refractivity contribution in [2.45, 2.75) is 57.5 Å². The average molecular weight is 426 g/mol. The van der Waals surface area contributed by atoms with Gasteiger partial charge in [-0.3, -0.25) is 0 Å². The zero-order valence-electron chi connectivity index (χ0n) is 18.6. The molecule has 1 saturated carbocycles. The Morgan fingerprint density at radius 2 is 2.13 bits per heavy atom. The van der Waals surface area contributed by atoms with E-state index in [-0.39, 0.29) is 0 Å². The molecule has 0 amide bonds. The Labute approximate surface area is 185 Å². The number of hydrogen-bond acceptors (Lipinski definition) is 7. The van der Waals surface area contributed by atoms with E-state index >= 15 is 0 Å². The quantitative estimate of drug-likeness (QED) is 0.582. The largest absolute Gasteiger partial charge is 0.490 e. The Morgan fingerprint density at radius 1 is 1.29 bits per heavy atom. The zero-order chi connectivity index (χ0) is 21.3. The summed E-state index contributed by atoms with van der Waals surface area (Å²) in [5.41, 5.74) is 9.21. The standard InChI is InChI=1S/C24H35N5O2/c1-17-16-24(25,19-6-4-7-19)28-23(26-17)27-20-14-18-8-13-31-22(18)21(15-20)30-12-5-11-29-9-2-3-10-29/h14-16,19H,2-13,25H2,1H3,(H2,26,27,28). The molecule has 3 heterocycles. The van der Waals surface area contributed by atoms with Gasteiger partial charge in [0.2, 0.25) is 5.96 Å². The van der Waals surface area contributed by atoms with Crippen molar-refractivity contribution in [1.29, 1.82) is 0 Å². The molecule has 4 N–H and O–H groups in total. The van der Waals surface area contributed by atoms with E-state index in [1.807, 2.05) is 13.0 Å². The normalized spacial score (nSPS) is 25.7. The lowest BCUT2D eigenvalue weighted by molar-refractivity contribution is 0.210. The predicted molar refractivity (Wildman–Crippen MR) is 124 cm³/mol. The van der Waals surface area contributed by atoms with Crippen LogP contribution >= 0.6 is 0 Å². The molecule has 1 aromatic rings. The van der Waals surface area contributed by atoms with Crippen molar-refractivity contribution in [3.63, 3.8) is 0 Å². The number of hydrogen-bond donors (Lipinski definition) is 3. The molecule has 3 aliphatic heterocycles. The smallest absolute Gasteiger partial charge is 0.202 e. The molecule has 1 aliphatic carbocycles. The van der Waals surface area contributed by atoms with E-state index in [9.17, 15) is 0 Å². The third-order valence-electron chi connectivity index (χ3n) is 6.92. The van der Waals surface area contributed by atoms with Gasteiger partial charge < -0.3 is 30.7 Å². The zero-order valence-corrected chi connectivity index (χ0v) is 18.6. The van der Waals surface area contributed by atoms with Crippen LogP contribution in [-0.4, -0.2) is 49.4 Å². The molecule has 1 saturated heterocycles. The summed E-state index contributed by atoms with van der Waals surface area (Å²) in [6, 6.07) is 4.16. The van der Waals surface area contributed by atoms with E-state index in [0.717, 1.165) is 55.1 Å². The summed E-state index contributed by atoms with van der Waals surface area (Å²) < 4.78 is 12.0. The van der Waals surface area contributed by atoms with Crippen molar-refractivity contribution in [2.24, 2.45) is 16.6 Å². The molecule has 5 rings (SSSR count). The molecule has 0 bridgehead atoms. The molecule has 1 atom stereocenters. The number of aliphatic imine (C=N–C) groups is 1. The maximum absolute atomic E-state index is 6.66. The van der Waals surface area contributed by atoms with Crippen LogP contribution < -0.4 is 25.8 Å². The molecule has 4 aliphatic rings. The highest BCUT2D eigenvalue weighted by Gasteiger charge is 2.39. The minimum absolute atomic E-state index is 0.421. The maximum Gasteiger partial charge on any atom is 0.202 e. The number of nitrogens with zero attached hydrogens (tertiary/aromatic N) is 2. The Morgan fingerprint density at radius 3 is 2.90 bits per heavy atom. The summed E-state index contributed by atoms with van der Waals surface area (Å²) in [4.78, 5) is 7.36. The second kappa shape index (κ2) is 8.71. The van der Waals surface area contributed by atoms with Crippen LogP contribution in [0.1, 0.15) is 51.0 Å². The number of ether oxygens (including phenoxy) is 2. The molecule has 1 unspecified atom stereocenters. The van der Waals surface area contributed by atoms with Gasteiger partial charge >= 0.3 is 0 Å². The number of rotatable bonds is 7. The molecule has 2 fully saturated rings. The molecule has 0 radical (unpaired) electrons. The molecule has 7 heteroatoms. The number of allylic oxidation sites excluding steroid dienone is 1. The lowest BCUT2D eigenvalue weighted by Crippen LogP contribution is -2.52. The van der Waals surface area contributed by atoms with Crippen LogP contribution in [0.4, 0.5) is 5.69 Å². The van der Waals surface area contributed by atoms with Crippen molar-refractivity contribution >= 4 is 11.6 Å². The van der Waals surface area contributed by atoms with E-state index in [2.05, 4.69) is 27.7 Å². The Balaban J connectivity index is 1.27. The van der Waals surface area contributed by atoms with Crippen LogP contribution in [0.25, 0.3) is 0 Å². The van der Waals surface area contributed by atoms with E-state index in [1.54, 1.807) is 0 Å². The first-order valence-electron chi connectivity index (χ1n) is 11.9. The van der Waals surface area contributed by atoms with Gasteiger partial charge in [-0.25, -0.2) is 4.99 Å². The summed E-state index contributed by atoms with van der Waals surface area (Å²) >= 11 is 0. The van der Waals surface area contributed by atoms with Crippen LogP contribution in [0.2, 0.25) is 0 Å². The lowest BCUT2D eigenvalue weighted by atomic mass is 9.75. The third kappa shape index (κ3) is 4.53. The lowest BCUT2D eigenvalue weighted by Gasteiger charge is -2.40. The third-order valence-corrected chi connectivity index (χ3v) is 6.92. The van der Waals surface area contributed by atoms with Gasteiger partial charge in [-0.05, 0) is 64.3 Å². The number of nitrogens with two attached hydrogens (primary N) is 1. The molecule has 0 aromatic heterocycles. The number of nitrogens with one attached hydrogen (secondary N) is 2.